The molecule has 7 heteroatoms. The third-order valence-electron chi connectivity index (χ3n) is 9.82. The summed E-state index contributed by atoms with van der Waals surface area (Å²) in [7, 11) is -4.06. The molecule has 0 radical (unpaired) electrons. The SMILES string of the molecule is CCC[N+]1=C(C=CC=CC=C2N(CCCS(=O)(=O)O)c3ccccc3C2(C)CCCCC(=O)C(C)(C)C)C(C)(C)c2cc(C)ccc21. The predicted octanol–water partition coefficient (Wildman–Crippen LogP) is 9.01. The van der Waals surface area contributed by atoms with E-state index in [0.717, 1.165) is 43.6 Å². The number of carbonyl (C=O) groups excluding carboxylic acids is 1. The van der Waals surface area contributed by atoms with Gasteiger partial charge in [-0.2, -0.15) is 13.0 Å². The Morgan fingerprint density at radius 2 is 1.70 bits per heavy atom. The van der Waals surface area contributed by atoms with Crippen LogP contribution >= 0.6 is 0 Å². The molecule has 0 amide bonds. The fourth-order valence-electron chi connectivity index (χ4n) is 7.17. The van der Waals surface area contributed by atoms with Gasteiger partial charge in [0.05, 0.1) is 11.2 Å². The van der Waals surface area contributed by atoms with Gasteiger partial charge in [0.2, 0.25) is 5.69 Å². The van der Waals surface area contributed by atoms with Crippen molar-refractivity contribution in [1.29, 1.82) is 0 Å². The van der Waals surface area contributed by atoms with Crippen molar-refractivity contribution in [2.75, 3.05) is 23.7 Å². The second kappa shape index (κ2) is 14.4. The quantitative estimate of drug-likeness (QED) is 0.0948. The fraction of sp³-hybridized carbons (Fsp3) is 0.500. The number of para-hydroxylation sites is 1. The number of anilines is 1. The lowest BCUT2D eigenvalue weighted by Crippen LogP contribution is -2.30. The first-order valence-electron chi connectivity index (χ1n) is 17.2. The Kier molecular flexibility index (Phi) is 11.2. The summed E-state index contributed by atoms with van der Waals surface area (Å²) < 4.78 is 35.0. The zero-order chi connectivity index (χ0) is 34.6. The third kappa shape index (κ3) is 8.24. The molecule has 4 rings (SSSR count). The highest BCUT2D eigenvalue weighted by Gasteiger charge is 2.44. The van der Waals surface area contributed by atoms with E-state index < -0.39 is 10.1 Å². The molecule has 1 atom stereocenters. The van der Waals surface area contributed by atoms with Crippen molar-refractivity contribution in [2.24, 2.45) is 5.41 Å². The summed E-state index contributed by atoms with van der Waals surface area (Å²) >= 11 is 0. The Labute approximate surface area is 283 Å². The van der Waals surface area contributed by atoms with Gasteiger partial charge in [0, 0.05) is 59.3 Å². The number of fused-ring (bicyclic) bond motifs is 2. The van der Waals surface area contributed by atoms with Crippen molar-refractivity contribution in [3.63, 3.8) is 0 Å². The first-order valence-corrected chi connectivity index (χ1v) is 18.8. The number of hydrogen-bond acceptors (Lipinski definition) is 4. The standard InChI is InChI=1S/C40H54N2O4S/c1-9-26-41-34-24-23-30(2)29-32(34)39(6,7)35(41)20-11-10-12-21-36-40(8,25-16-15-22-37(43)38(3,4)5)31-18-13-14-19-33(31)42(36)27-17-28-47(44,45)46/h10-14,18-21,23-24,29H,9,15-17,22,25-28H2,1-8H3/p+1. The number of rotatable bonds is 14. The lowest BCUT2D eigenvalue weighted by Gasteiger charge is -2.30. The van der Waals surface area contributed by atoms with E-state index in [9.17, 15) is 17.8 Å². The molecule has 1 N–H and O–H groups in total. The molecule has 6 nitrogen and oxygen atoms in total. The molecule has 0 saturated heterocycles. The maximum Gasteiger partial charge on any atom is 0.264 e. The average Bonchev–Trinajstić information content (AvgIpc) is 3.34. The van der Waals surface area contributed by atoms with Crippen LogP contribution in [-0.4, -0.2) is 47.9 Å². The summed E-state index contributed by atoms with van der Waals surface area (Å²) in [6.45, 7) is 18.6. The van der Waals surface area contributed by atoms with Crippen LogP contribution < -0.4 is 4.90 Å². The molecule has 0 spiro atoms. The van der Waals surface area contributed by atoms with E-state index in [0.29, 0.717) is 19.4 Å². The highest BCUT2D eigenvalue weighted by atomic mass is 32.2. The second-order valence-electron chi connectivity index (χ2n) is 15.0. The monoisotopic (exact) mass is 659 g/mol. The number of allylic oxidation sites excluding steroid dienone is 6. The van der Waals surface area contributed by atoms with Gasteiger partial charge >= 0.3 is 0 Å². The fourth-order valence-corrected chi connectivity index (χ4v) is 7.67. The lowest BCUT2D eigenvalue weighted by atomic mass is 9.76. The Morgan fingerprint density at radius 3 is 2.38 bits per heavy atom. The van der Waals surface area contributed by atoms with Crippen molar-refractivity contribution in [2.45, 2.75) is 105 Å². The molecule has 0 bridgehead atoms. The smallest absolute Gasteiger partial charge is 0.264 e. The zero-order valence-corrected chi connectivity index (χ0v) is 30.6. The van der Waals surface area contributed by atoms with Crippen LogP contribution in [-0.2, 0) is 25.7 Å². The molecule has 1 unspecified atom stereocenters. The van der Waals surface area contributed by atoms with Crippen molar-refractivity contribution in [3.05, 3.63) is 95.2 Å². The van der Waals surface area contributed by atoms with Crippen LogP contribution in [0.1, 0.15) is 104 Å². The first-order chi connectivity index (χ1) is 22.0. The number of carbonyl (C=O) groups is 1. The number of benzene rings is 2. The molecule has 254 valence electrons. The number of aryl methyl sites for hydroxylation is 1. The van der Waals surface area contributed by atoms with E-state index in [4.69, 9.17) is 0 Å². The molecule has 0 aliphatic carbocycles. The van der Waals surface area contributed by atoms with Gasteiger partial charge in [-0.25, -0.2) is 0 Å². The molecule has 2 aromatic rings. The molecule has 2 heterocycles. The number of nitrogens with zero attached hydrogens (tertiary/aromatic N) is 2. The Balaban J connectivity index is 1.64. The van der Waals surface area contributed by atoms with Crippen LogP contribution in [0.3, 0.4) is 0 Å². The van der Waals surface area contributed by atoms with Gasteiger partial charge in [0.25, 0.3) is 10.1 Å². The van der Waals surface area contributed by atoms with E-state index in [2.05, 4.69) is 111 Å². The van der Waals surface area contributed by atoms with Gasteiger partial charge in [-0.15, -0.1) is 0 Å². The summed E-state index contributed by atoms with van der Waals surface area (Å²) in [6.07, 6.45) is 15.2. The van der Waals surface area contributed by atoms with Crippen molar-refractivity contribution in [1.82, 2.24) is 0 Å². The van der Waals surface area contributed by atoms with E-state index >= 15 is 0 Å². The molecule has 2 aliphatic rings. The maximum atomic E-state index is 12.6. The molecule has 0 fully saturated rings. The Hall–Kier alpha value is -3.29. The van der Waals surface area contributed by atoms with Crippen LogP contribution in [0.15, 0.2) is 78.5 Å². The number of ketones is 1. The average molecular weight is 660 g/mol. The van der Waals surface area contributed by atoms with Gasteiger partial charge < -0.3 is 4.90 Å². The molecule has 0 saturated carbocycles. The van der Waals surface area contributed by atoms with Crippen LogP contribution in [0.5, 0.6) is 0 Å². The summed E-state index contributed by atoms with van der Waals surface area (Å²) in [5.74, 6) is -0.000816. The second-order valence-corrected chi connectivity index (χ2v) is 16.6. The highest BCUT2D eigenvalue weighted by Crippen LogP contribution is 2.50. The minimum absolute atomic E-state index is 0.108. The minimum atomic E-state index is -4.06. The Bertz CT molecular complexity index is 1710. The van der Waals surface area contributed by atoms with E-state index in [1.807, 2.05) is 26.8 Å². The van der Waals surface area contributed by atoms with Crippen molar-refractivity contribution >= 4 is 33.0 Å². The summed E-state index contributed by atoms with van der Waals surface area (Å²) in [5.41, 5.74) is 7.82. The predicted molar refractivity (Wildman–Crippen MR) is 196 cm³/mol. The van der Waals surface area contributed by atoms with Crippen LogP contribution in [0.2, 0.25) is 0 Å². The van der Waals surface area contributed by atoms with Gasteiger partial charge in [-0.1, -0.05) is 82.2 Å². The van der Waals surface area contributed by atoms with Crippen LogP contribution in [0.4, 0.5) is 11.4 Å². The highest BCUT2D eigenvalue weighted by molar-refractivity contribution is 7.85. The molecular weight excluding hydrogens is 605 g/mol. The topological polar surface area (TPSA) is 77.7 Å². The minimum Gasteiger partial charge on any atom is -0.344 e. The normalized spacial score (nSPS) is 20.2. The maximum absolute atomic E-state index is 12.6. The lowest BCUT2D eigenvalue weighted by molar-refractivity contribution is -0.437. The first kappa shape index (κ1) is 36.5. The van der Waals surface area contributed by atoms with Crippen molar-refractivity contribution < 1.29 is 22.3 Å². The van der Waals surface area contributed by atoms with Gasteiger partial charge in [0.1, 0.15) is 12.3 Å². The third-order valence-corrected chi connectivity index (χ3v) is 10.6. The molecular formula is C40H55N2O4S+. The van der Waals surface area contributed by atoms with Crippen LogP contribution in [0.25, 0.3) is 0 Å². The number of hydrogen-bond donors (Lipinski definition) is 1. The Morgan fingerprint density at radius 1 is 0.979 bits per heavy atom. The van der Waals surface area contributed by atoms with E-state index in [1.54, 1.807) is 0 Å². The zero-order valence-electron chi connectivity index (χ0n) is 29.8. The molecule has 2 aromatic carbocycles. The van der Waals surface area contributed by atoms with Gasteiger partial charge in [-0.3, -0.25) is 9.35 Å². The van der Waals surface area contributed by atoms with Crippen molar-refractivity contribution in [3.8, 4) is 0 Å². The number of Topliss-reactive ketones (excluding diaryl/α,β-unsaturated/α-hetero) is 1. The van der Waals surface area contributed by atoms with Gasteiger partial charge in [-0.05, 0) is 70.7 Å². The molecule has 47 heavy (non-hydrogen) atoms. The molecule has 2 aliphatic heterocycles. The summed E-state index contributed by atoms with van der Waals surface area (Å²) in [6, 6.07) is 15.1. The summed E-state index contributed by atoms with van der Waals surface area (Å²) in [4.78, 5) is 14.8. The van der Waals surface area contributed by atoms with Crippen LogP contribution in [0, 0.1) is 12.3 Å². The van der Waals surface area contributed by atoms with E-state index in [-0.39, 0.29) is 27.8 Å². The number of unbranched alkanes of at least 4 members (excludes halogenated alkanes) is 1. The molecule has 0 aromatic heterocycles. The largest absolute Gasteiger partial charge is 0.344 e. The van der Waals surface area contributed by atoms with E-state index in [1.165, 1.54) is 28.1 Å². The summed E-state index contributed by atoms with van der Waals surface area (Å²) in [5, 5.41) is 0. The van der Waals surface area contributed by atoms with Gasteiger partial charge in [0.15, 0.2) is 5.71 Å².